The first-order valence-corrected chi connectivity index (χ1v) is 7.28. The van der Waals surface area contributed by atoms with Crippen molar-refractivity contribution in [3.8, 4) is 0 Å². The van der Waals surface area contributed by atoms with Crippen molar-refractivity contribution in [1.82, 2.24) is 14.8 Å². The van der Waals surface area contributed by atoms with E-state index >= 15 is 0 Å². The van der Waals surface area contributed by atoms with Crippen molar-refractivity contribution in [3.05, 3.63) is 5.82 Å². The molecule has 0 N–H and O–H groups in total. The van der Waals surface area contributed by atoms with Crippen LogP contribution in [0, 0.1) is 0 Å². The molecular weight excluding hydrogens is 250 g/mol. The summed E-state index contributed by atoms with van der Waals surface area (Å²) in [5, 5.41) is 9.22. The van der Waals surface area contributed by atoms with Gasteiger partial charge in [-0.25, -0.2) is 0 Å². The second-order valence-corrected chi connectivity index (χ2v) is 6.31. The van der Waals surface area contributed by atoms with Gasteiger partial charge in [-0.05, 0) is 32.6 Å². The molecule has 0 radical (unpaired) electrons. The molecule has 3 rings (SSSR count). The second-order valence-electron chi connectivity index (χ2n) is 5.00. The maximum Gasteiger partial charge on any atom is 0.318 e. The number of hydrogen-bond acceptors (Lipinski definition) is 5. The molecule has 0 aliphatic heterocycles. The predicted octanol–water partition coefficient (Wildman–Crippen LogP) is 2.14. The number of nitrogens with zero attached hydrogens (tertiary/aromatic N) is 3. The van der Waals surface area contributed by atoms with Gasteiger partial charge in [0.25, 0.3) is 0 Å². The molecule has 5 nitrogen and oxygen atoms in total. The molecule has 1 atom stereocenters. The van der Waals surface area contributed by atoms with Gasteiger partial charge in [-0.2, -0.15) is 0 Å². The quantitative estimate of drug-likeness (QED) is 0.604. The third kappa shape index (κ3) is 2.25. The van der Waals surface area contributed by atoms with Crippen molar-refractivity contribution in [2.75, 3.05) is 7.11 Å². The van der Waals surface area contributed by atoms with Gasteiger partial charge in [0.15, 0.2) is 5.16 Å². The van der Waals surface area contributed by atoms with Crippen LogP contribution in [-0.4, -0.2) is 33.1 Å². The number of esters is 1. The van der Waals surface area contributed by atoms with Crippen LogP contribution >= 0.6 is 11.8 Å². The van der Waals surface area contributed by atoms with E-state index in [0.717, 1.165) is 11.0 Å². The largest absolute Gasteiger partial charge is 0.468 e. The van der Waals surface area contributed by atoms with Crippen LogP contribution in [0.25, 0.3) is 0 Å². The number of ether oxygens (including phenoxy) is 1. The molecule has 1 unspecified atom stereocenters. The van der Waals surface area contributed by atoms with Gasteiger partial charge >= 0.3 is 5.97 Å². The lowest BCUT2D eigenvalue weighted by molar-refractivity contribution is -0.139. The van der Waals surface area contributed by atoms with Gasteiger partial charge in [-0.3, -0.25) is 4.79 Å². The van der Waals surface area contributed by atoms with Crippen LogP contribution in [0.5, 0.6) is 0 Å². The fourth-order valence-corrected chi connectivity index (χ4v) is 2.99. The summed E-state index contributed by atoms with van der Waals surface area (Å²) in [4.78, 5) is 11.5. The summed E-state index contributed by atoms with van der Waals surface area (Å²) in [6.07, 6.45) is 4.86. The van der Waals surface area contributed by atoms with Crippen LogP contribution in [0.15, 0.2) is 5.16 Å². The van der Waals surface area contributed by atoms with E-state index in [1.807, 2.05) is 6.92 Å². The minimum atomic E-state index is -0.233. The Balaban J connectivity index is 1.80. The number of hydrogen-bond donors (Lipinski definition) is 0. The Bertz CT molecular complexity index is 466. The fraction of sp³-hybridized carbons (Fsp3) is 0.750. The number of thioether (sulfide) groups is 1. The van der Waals surface area contributed by atoms with E-state index < -0.39 is 0 Å². The zero-order valence-electron chi connectivity index (χ0n) is 10.6. The molecule has 0 spiro atoms. The van der Waals surface area contributed by atoms with Crippen molar-refractivity contribution in [2.24, 2.45) is 0 Å². The van der Waals surface area contributed by atoms with Crippen LogP contribution in [0.4, 0.5) is 0 Å². The fourth-order valence-electron chi connectivity index (χ4n) is 2.04. The van der Waals surface area contributed by atoms with Gasteiger partial charge in [0.1, 0.15) is 11.1 Å². The number of aromatic nitrogens is 3. The molecule has 0 bridgehead atoms. The molecule has 2 saturated carbocycles. The van der Waals surface area contributed by atoms with E-state index in [1.165, 1.54) is 44.6 Å². The van der Waals surface area contributed by atoms with Gasteiger partial charge in [-0.1, -0.05) is 11.8 Å². The average Bonchev–Trinajstić information content (AvgIpc) is 3.27. The Kier molecular flexibility index (Phi) is 3.05. The summed E-state index contributed by atoms with van der Waals surface area (Å²) < 4.78 is 7.00. The minimum absolute atomic E-state index is 0.210. The molecular formula is C12H17N3O2S. The van der Waals surface area contributed by atoms with Crippen LogP contribution in [0.3, 0.4) is 0 Å². The van der Waals surface area contributed by atoms with Gasteiger partial charge < -0.3 is 9.30 Å². The van der Waals surface area contributed by atoms with E-state index in [-0.39, 0.29) is 11.2 Å². The predicted molar refractivity (Wildman–Crippen MR) is 67.6 cm³/mol. The first-order chi connectivity index (χ1) is 8.70. The van der Waals surface area contributed by atoms with E-state index in [0.29, 0.717) is 12.0 Å². The Morgan fingerprint density at radius 3 is 2.67 bits per heavy atom. The highest BCUT2D eigenvalue weighted by Crippen LogP contribution is 2.46. The van der Waals surface area contributed by atoms with E-state index in [2.05, 4.69) is 14.8 Å². The molecule has 18 heavy (non-hydrogen) atoms. The first kappa shape index (κ1) is 12.0. The summed E-state index contributed by atoms with van der Waals surface area (Å²) in [7, 11) is 1.42. The first-order valence-electron chi connectivity index (χ1n) is 6.40. The van der Waals surface area contributed by atoms with Crippen LogP contribution in [-0.2, 0) is 9.53 Å². The summed E-state index contributed by atoms with van der Waals surface area (Å²) in [6.45, 7) is 1.85. The van der Waals surface area contributed by atoms with Crippen molar-refractivity contribution < 1.29 is 9.53 Å². The number of rotatable bonds is 5. The summed E-state index contributed by atoms with van der Waals surface area (Å²) in [5.41, 5.74) is 0. The normalized spacial score (nSPS) is 20.8. The van der Waals surface area contributed by atoms with Gasteiger partial charge in [0.05, 0.1) is 7.11 Å². The van der Waals surface area contributed by atoms with E-state index in [4.69, 9.17) is 4.74 Å². The third-order valence-electron chi connectivity index (χ3n) is 3.36. The molecule has 2 fully saturated rings. The maximum absolute atomic E-state index is 11.5. The molecule has 6 heteroatoms. The topological polar surface area (TPSA) is 57.0 Å². The zero-order valence-corrected chi connectivity index (χ0v) is 11.4. The van der Waals surface area contributed by atoms with Crippen LogP contribution in [0.2, 0.25) is 0 Å². The Labute approximate surface area is 110 Å². The average molecular weight is 267 g/mol. The SMILES string of the molecule is COC(=O)C(C)Sc1nnc(C2CC2)n1C1CC1. The maximum atomic E-state index is 11.5. The second kappa shape index (κ2) is 4.57. The molecule has 98 valence electrons. The monoisotopic (exact) mass is 267 g/mol. The highest BCUT2D eigenvalue weighted by molar-refractivity contribution is 8.00. The standard InChI is InChI=1S/C12H17N3O2S/c1-7(11(16)17-2)18-12-14-13-10(8-3-4-8)15(12)9-5-6-9/h7-9H,3-6H2,1-2H3. The number of methoxy groups -OCH3 is 1. The Hall–Kier alpha value is -1.04. The molecule has 1 aromatic rings. The highest BCUT2D eigenvalue weighted by atomic mass is 32.2. The van der Waals surface area contributed by atoms with Crippen LogP contribution < -0.4 is 0 Å². The third-order valence-corrected chi connectivity index (χ3v) is 4.40. The number of carbonyl (C=O) groups excluding carboxylic acids is 1. The smallest absolute Gasteiger partial charge is 0.318 e. The van der Waals surface area contributed by atoms with Gasteiger partial charge in [-0.15, -0.1) is 10.2 Å². The van der Waals surface area contributed by atoms with Gasteiger partial charge in [0, 0.05) is 12.0 Å². The molecule has 0 saturated heterocycles. The Morgan fingerprint density at radius 2 is 2.11 bits per heavy atom. The number of carbonyl (C=O) groups is 1. The minimum Gasteiger partial charge on any atom is -0.468 e. The molecule has 0 aromatic carbocycles. The Morgan fingerprint density at radius 1 is 1.39 bits per heavy atom. The van der Waals surface area contributed by atoms with Gasteiger partial charge in [0.2, 0.25) is 0 Å². The van der Waals surface area contributed by atoms with Crippen molar-refractivity contribution in [1.29, 1.82) is 0 Å². The van der Waals surface area contributed by atoms with Crippen LogP contribution in [0.1, 0.15) is 50.4 Å². The summed E-state index contributed by atoms with van der Waals surface area (Å²) >= 11 is 1.45. The lowest BCUT2D eigenvalue weighted by atomic mass is 10.4. The summed E-state index contributed by atoms with van der Waals surface area (Å²) in [6, 6.07) is 0.558. The highest BCUT2D eigenvalue weighted by Gasteiger charge is 2.37. The van der Waals surface area contributed by atoms with Crippen molar-refractivity contribution >= 4 is 17.7 Å². The van der Waals surface area contributed by atoms with E-state index in [1.54, 1.807) is 0 Å². The lowest BCUT2D eigenvalue weighted by Crippen LogP contribution is -2.15. The molecule has 1 aromatic heterocycles. The molecule has 1 heterocycles. The van der Waals surface area contributed by atoms with Crippen molar-refractivity contribution in [3.63, 3.8) is 0 Å². The van der Waals surface area contributed by atoms with Crippen molar-refractivity contribution in [2.45, 2.75) is 55.0 Å². The molecule has 0 amide bonds. The molecule has 2 aliphatic carbocycles. The summed E-state index contributed by atoms with van der Waals surface area (Å²) in [5.74, 6) is 1.51. The lowest BCUT2D eigenvalue weighted by Gasteiger charge is -2.11. The van der Waals surface area contributed by atoms with E-state index in [9.17, 15) is 4.79 Å². The zero-order chi connectivity index (χ0) is 12.7. The molecule has 2 aliphatic rings.